The van der Waals surface area contributed by atoms with E-state index in [-0.39, 0.29) is 0 Å². The number of nitrogens with zero attached hydrogens (tertiary/aromatic N) is 1. The first-order chi connectivity index (χ1) is 29.8. The standard InChI is InChI=1S/C58H37NO/c1-2-17-40(18-3-1)55-50-26-10-8-24-48(50)49-25-9-11-27-51(49)56(55)41-31-34-43(35-32-41)59(44-21-12-20-42(37-44)46-28-13-19-38-15-4-6-22-45(38)46)53-29-14-30-54-57(53)52-36-33-39-16-5-7-23-47(39)58(52)60-54/h1-37H. The van der Waals surface area contributed by atoms with Crippen molar-refractivity contribution in [3.05, 3.63) is 224 Å². The highest BCUT2D eigenvalue weighted by molar-refractivity contribution is 6.22. The van der Waals surface area contributed by atoms with Crippen LogP contribution in [0.2, 0.25) is 0 Å². The maximum atomic E-state index is 6.75. The van der Waals surface area contributed by atoms with Crippen LogP contribution in [0.25, 0.3) is 98.4 Å². The Kier molecular flexibility index (Phi) is 7.89. The summed E-state index contributed by atoms with van der Waals surface area (Å²) in [7, 11) is 0. The summed E-state index contributed by atoms with van der Waals surface area (Å²) >= 11 is 0. The summed E-state index contributed by atoms with van der Waals surface area (Å²) in [6.07, 6.45) is 0. The van der Waals surface area contributed by atoms with Gasteiger partial charge in [-0.3, -0.25) is 0 Å². The monoisotopic (exact) mass is 763 g/mol. The molecule has 0 radical (unpaired) electrons. The Labute approximate surface area is 347 Å². The molecule has 0 atom stereocenters. The predicted octanol–water partition coefficient (Wildman–Crippen LogP) is 16.7. The number of anilines is 3. The van der Waals surface area contributed by atoms with Crippen LogP contribution in [0.1, 0.15) is 0 Å². The van der Waals surface area contributed by atoms with Crippen LogP contribution in [0.15, 0.2) is 229 Å². The van der Waals surface area contributed by atoms with E-state index in [1.54, 1.807) is 0 Å². The summed E-state index contributed by atoms with van der Waals surface area (Å²) in [5, 5.41) is 11.9. The molecule has 1 aromatic heterocycles. The van der Waals surface area contributed by atoms with Gasteiger partial charge in [0.25, 0.3) is 0 Å². The molecule has 0 spiro atoms. The second-order valence-corrected chi connectivity index (χ2v) is 15.6. The quantitative estimate of drug-likeness (QED) is 0.157. The molecule has 0 saturated carbocycles. The summed E-state index contributed by atoms with van der Waals surface area (Å²) in [4.78, 5) is 2.40. The van der Waals surface area contributed by atoms with Crippen LogP contribution >= 0.6 is 0 Å². The summed E-state index contributed by atoms with van der Waals surface area (Å²) in [5.41, 5.74) is 12.2. The van der Waals surface area contributed by atoms with Crippen molar-refractivity contribution in [2.24, 2.45) is 0 Å². The molecular weight excluding hydrogens is 727 g/mol. The van der Waals surface area contributed by atoms with Gasteiger partial charge < -0.3 is 9.32 Å². The molecule has 0 aliphatic rings. The zero-order valence-corrected chi connectivity index (χ0v) is 32.7. The SMILES string of the molecule is c1ccc(-c2c(-c3ccc(N(c4cccc(-c5cccc6ccccc56)c4)c4cccc5oc6c7ccccc7ccc6c45)cc3)c3ccccc3c3ccccc23)cc1. The topological polar surface area (TPSA) is 16.4 Å². The Morgan fingerprint density at radius 2 is 0.867 bits per heavy atom. The maximum Gasteiger partial charge on any atom is 0.143 e. The highest BCUT2D eigenvalue weighted by atomic mass is 16.3. The van der Waals surface area contributed by atoms with E-state index in [1.807, 2.05) is 0 Å². The smallest absolute Gasteiger partial charge is 0.143 e. The predicted molar refractivity (Wildman–Crippen MR) is 255 cm³/mol. The number of benzene rings is 11. The highest BCUT2D eigenvalue weighted by Gasteiger charge is 2.22. The van der Waals surface area contributed by atoms with Crippen LogP contribution in [0, 0.1) is 0 Å². The Balaban J connectivity index is 1.10. The number of hydrogen-bond donors (Lipinski definition) is 0. The van der Waals surface area contributed by atoms with Gasteiger partial charge in [0.2, 0.25) is 0 Å². The van der Waals surface area contributed by atoms with E-state index in [0.717, 1.165) is 55.3 Å². The lowest BCUT2D eigenvalue weighted by Crippen LogP contribution is -2.10. The fraction of sp³-hybridized carbons (Fsp3) is 0. The molecule has 1 heterocycles. The van der Waals surface area contributed by atoms with Crippen molar-refractivity contribution >= 4 is 82.1 Å². The third kappa shape index (κ3) is 5.42. The van der Waals surface area contributed by atoms with Crippen molar-refractivity contribution in [2.75, 3.05) is 4.90 Å². The second-order valence-electron chi connectivity index (χ2n) is 15.6. The number of furan rings is 1. The van der Waals surface area contributed by atoms with Gasteiger partial charge in [0.05, 0.1) is 11.1 Å². The average Bonchev–Trinajstić information content (AvgIpc) is 3.72. The van der Waals surface area contributed by atoms with E-state index in [0.29, 0.717) is 0 Å². The molecule has 12 aromatic rings. The van der Waals surface area contributed by atoms with Gasteiger partial charge >= 0.3 is 0 Å². The largest absolute Gasteiger partial charge is 0.455 e. The van der Waals surface area contributed by atoms with Crippen LogP contribution in [0.3, 0.4) is 0 Å². The molecule has 0 amide bonds. The molecule has 0 bridgehead atoms. The summed E-state index contributed by atoms with van der Waals surface area (Å²) in [5.74, 6) is 0. The van der Waals surface area contributed by atoms with Crippen molar-refractivity contribution < 1.29 is 4.42 Å². The van der Waals surface area contributed by atoms with Crippen LogP contribution < -0.4 is 4.90 Å². The van der Waals surface area contributed by atoms with E-state index >= 15 is 0 Å². The van der Waals surface area contributed by atoms with E-state index in [1.165, 1.54) is 60.1 Å². The lowest BCUT2D eigenvalue weighted by molar-refractivity contribution is 0.672. The van der Waals surface area contributed by atoms with E-state index < -0.39 is 0 Å². The summed E-state index contributed by atoms with van der Waals surface area (Å²) in [6, 6.07) is 81.2. The van der Waals surface area contributed by atoms with Gasteiger partial charge in [-0.1, -0.05) is 182 Å². The van der Waals surface area contributed by atoms with Gasteiger partial charge in [0, 0.05) is 22.1 Å². The third-order valence-electron chi connectivity index (χ3n) is 12.2. The first-order valence-electron chi connectivity index (χ1n) is 20.6. The highest BCUT2D eigenvalue weighted by Crippen LogP contribution is 2.48. The maximum absolute atomic E-state index is 6.75. The van der Waals surface area contributed by atoms with Crippen molar-refractivity contribution in [1.82, 2.24) is 0 Å². The lowest BCUT2D eigenvalue weighted by Gasteiger charge is -2.27. The number of fused-ring (bicyclic) bond motifs is 9. The zero-order chi connectivity index (χ0) is 39.6. The Bertz CT molecular complexity index is 3590. The molecule has 0 fully saturated rings. The molecule has 0 unspecified atom stereocenters. The average molecular weight is 764 g/mol. The summed E-state index contributed by atoms with van der Waals surface area (Å²) in [6.45, 7) is 0. The van der Waals surface area contributed by atoms with E-state index in [4.69, 9.17) is 4.42 Å². The molecule has 2 heteroatoms. The van der Waals surface area contributed by atoms with Crippen LogP contribution in [0.5, 0.6) is 0 Å². The molecule has 0 N–H and O–H groups in total. The molecule has 2 nitrogen and oxygen atoms in total. The minimum absolute atomic E-state index is 0.862. The fourth-order valence-electron chi connectivity index (χ4n) is 9.56. The zero-order valence-electron chi connectivity index (χ0n) is 32.7. The van der Waals surface area contributed by atoms with Gasteiger partial charge in [0.15, 0.2) is 0 Å². The van der Waals surface area contributed by atoms with Gasteiger partial charge in [-0.25, -0.2) is 0 Å². The molecule has 0 aliphatic heterocycles. The van der Waals surface area contributed by atoms with Crippen LogP contribution in [0.4, 0.5) is 17.1 Å². The first kappa shape index (κ1) is 34.1. The molecule has 11 aromatic carbocycles. The Morgan fingerprint density at radius 3 is 1.60 bits per heavy atom. The molecule has 280 valence electrons. The first-order valence-corrected chi connectivity index (χ1v) is 20.6. The number of rotatable bonds is 6. The number of hydrogen-bond acceptors (Lipinski definition) is 2. The van der Waals surface area contributed by atoms with Crippen LogP contribution in [-0.4, -0.2) is 0 Å². The Hall–Kier alpha value is -7.94. The van der Waals surface area contributed by atoms with Crippen molar-refractivity contribution in [3.63, 3.8) is 0 Å². The van der Waals surface area contributed by atoms with Crippen molar-refractivity contribution in [1.29, 1.82) is 0 Å². The van der Waals surface area contributed by atoms with E-state index in [9.17, 15) is 0 Å². The molecule has 0 aliphatic carbocycles. The van der Waals surface area contributed by atoms with Crippen molar-refractivity contribution in [2.45, 2.75) is 0 Å². The van der Waals surface area contributed by atoms with Crippen molar-refractivity contribution in [3.8, 4) is 33.4 Å². The summed E-state index contributed by atoms with van der Waals surface area (Å²) < 4.78 is 6.75. The molecule has 60 heavy (non-hydrogen) atoms. The fourth-order valence-corrected chi connectivity index (χ4v) is 9.56. The van der Waals surface area contributed by atoms with E-state index in [2.05, 4.69) is 229 Å². The Morgan fingerprint density at radius 1 is 0.317 bits per heavy atom. The minimum atomic E-state index is 0.862. The van der Waals surface area contributed by atoms with Gasteiger partial charge in [-0.15, -0.1) is 0 Å². The van der Waals surface area contributed by atoms with Gasteiger partial charge in [-0.2, -0.15) is 0 Å². The second kappa shape index (κ2) is 13.9. The van der Waals surface area contributed by atoms with Gasteiger partial charge in [-0.05, 0) is 114 Å². The molecule has 12 rings (SSSR count). The molecular formula is C58H37NO. The minimum Gasteiger partial charge on any atom is -0.455 e. The molecule has 0 saturated heterocycles. The van der Waals surface area contributed by atoms with Gasteiger partial charge in [0.1, 0.15) is 11.2 Å². The normalized spacial score (nSPS) is 11.7. The van der Waals surface area contributed by atoms with Crippen LogP contribution in [-0.2, 0) is 0 Å². The third-order valence-corrected chi connectivity index (χ3v) is 12.2. The lowest BCUT2D eigenvalue weighted by atomic mass is 9.85.